The van der Waals surface area contributed by atoms with E-state index in [0.29, 0.717) is 16.1 Å². The van der Waals surface area contributed by atoms with Gasteiger partial charge in [0.1, 0.15) is 11.3 Å². The fraction of sp³-hybridized carbons (Fsp3) is 0.385. The molecule has 1 aliphatic rings. The molecule has 3 rings (SSSR count). The quantitative estimate of drug-likeness (QED) is 0.779. The van der Waals surface area contributed by atoms with Gasteiger partial charge in [-0.3, -0.25) is 4.79 Å². The summed E-state index contributed by atoms with van der Waals surface area (Å²) in [5.41, 5.74) is 7.05. The molecule has 19 heavy (non-hydrogen) atoms. The number of imidazole rings is 1. The van der Waals surface area contributed by atoms with E-state index in [4.69, 9.17) is 17.3 Å². The number of aromatic nitrogens is 2. The number of halogens is 1. The lowest BCUT2D eigenvalue weighted by Gasteiger charge is -2.18. The molecule has 0 saturated carbocycles. The van der Waals surface area contributed by atoms with Crippen LogP contribution in [0.5, 0.6) is 0 Å². The van der Waals surface area contributed by atoms with E-state index in [2.05, 4.69) is 22.2 Å². The molecule has 1 aromatic heterocycles. The van der Waals surface area contributed by atoms with E-state index in [1.54, 1.807) is 12.1 Å². The highest BCUT2D eigenvalue weighted by molar-refractivity contribution is 6.32. The van der Waals surface area contributed by atoms with Crippen LogP contribution < -0.4 is 11.1 Å². The molecule has 0 aliphatic carbocycles. The second-order valence-electron chi connectivity index (χ2n) is 5.29. The minimum absolute atomic E-state index is 0.0413. The van der Waals surface area contributed by atoms with Crippen LogP contribution in [0.2, 0.25) is 5.02 Å². The second-order valence-corrected chi connectivity index (χ2v) is 5.72. The van der Waals surface area contributed by atoms with Crippen LogP contribution in [0.3, 0.4) is 0 Å². The lowest BCUT2D eigenvalue weighted by molar-refractivity contribution is 0.100. The minimum Gasteiger partial charge on any atom is -0.366 e. The molecule has 4 N–H and O–H groups in total. The lowest BCUT2D eigenvalue weighted by atomic mass is 9.89. The summed E-state index contributed by atoms with van der Waals surface area (Å²) in [7, 11) is 0. The maximum Gasteiger partial charge on any atom is 0.251 e. The summed E-state index contributed by atoms with van der Waals surface area (Å²) in [6, 6.07) is 3.33. The molecule has 1 aromatic carbocycles. The molecule has 1 unspecified atom stereocenters. The lowest BCUT2D eigenvalue weighted by Crippen LogP contribution is -2.26. The van der Waals surface area contributed by atoms with E-state index >= 15 is 0 Å². The summed E-state index contributed by atoms with van der Waals surface area (Å²) in [4.78, 5) is 19.3. The molecule has 1 aliphatic heterocycles. The van der Waals surface area contributed by atoms with E-state index < -0.39 is 5.91 Å². The first-order valence-corrected chi connectivity index (χ1v) is 6.58. The topological polar surface area (TPSA) is 83.8 Å². The number of hydrogen-bond acceptors (Lipinski definition) is 3. The maximum absolute atomic E-state index is 11.5. The largest absolute Gasteiger partial charge is 0.366 e. The molecule has 2 heterocycles. The number of nitrogens with two attached hydrogens (primary N) is 1. The first-order chi connectivity index (χ1) is 8.99. The zero-order valence-corrected chi connectivity index (χ0v) is 11.3. The van der Waals surface area contributed by atoms with Gasteiger partial charge in [-0.2, -0.15) is 0 Å². The minimum atomic E-state index is -0.514. The van der Waals surface area contributed by atoms with E-state index in [0.717, 1.165) is 30.9 Å². The molecule has 5 nitrogen and oxygen atoms in total. The number of primary amides is 1. The highest BCUT2D eigenvalue weighted by atomic mass is 35.5. The number of amides is 1. The zero-order chi connectivity index (χ0) is 13.6. The van der Waals surface area contributed by atoms with Crippen LogP contribution in [0, 0.1) is 0 Å². The van der Waals surface area contributed by atoms with Crippen LogP contribution in [0.1, 0.15) is 29.5 Å². The molecule has 6 heteroatoms. The van der Waals surface area contributed by atoms with Crippen LogP contribution in [0.25, 0.3) is 11.0 Å². The van der Waals surface area contributed by atoms with Crippen molar-refractivity contribution in [3.05, 3.63) is 28.5 Å². The van der Waals surface area contributed by atoms with Gasteiger partial charge in [-0.1, -0.05) is 18.5 Å². The van der Waals surface area contributed by atoms with Crippen molar-refractivity contribution >= 4 is 28.5 Å². The van der Waals surface area contributed by atoms with Crippen LogP contribution in [0.15, 0.2) is 12.1 Å². The summed E-state index contributed by atoms with van der Waals surface area (Å²) >= 11 is 6.00. The summed E-state index contributed by atoms with van der Waals surface area (Å²) in [5.74, 6) is 0.359. The number of hydrogen-bond donors (Lipinski definition) is 3. The Morgan fingerprint density at radius 1 is 1.53 bits per heavy atom. The molecule has 100 valence electrons. The average molecular weight is 279 g/mol. The Balaban J connectivity index is 2.20. The van der Waals surface area contributed by atoms with Crippen molar-refractivity contribution in [3.63, 3.8) is 0 Å². The monoisotopic (exact) mass is 278 g/mol. The normalized spacial score (nSPS) is 23.1. The zero-order valence-electron chi connectivity index (χ0n) is 10.6. The third-order valence-electron chi connectivity index (χ3n) is 3.76. The highest BCUT2D eigenvalue weighted by Crippen LogP contribution is 2.31. The number of fused-ring (bicyclic) bond motifs is 1. The molecule has 1 saturated heterocycles. The first kappa shape index (κ1) is 12.4. The molecule has 0 radical (unpaired) electrons. The van der Waals surface area contributed by atoms with Crippen molar-refractivity contribution in [2.75, 3.05) is 13.1 Å². The summed E-state index contributed by atoms with van der Waals surface area (Å²) < 4.78 is 0. The molecule has 1 fully saturated rings. The Hall–Kier alpha value is -1.59. The highest BCUT2D eigenvalue weighted by Gasteiger charge is 2.33. The number of rotatable bonds is 2. The molecule has 0 spiro atoms. The number of carbonyl (C=O) groups is 1. The third kappa shape index (κ3) is 1.99. The average Bonchev–Trinajstić information content (AvgIpc) is 2.94. The van der Waals surface area contributed by atoms with Crippen molar-refractivity contribution in [1.29, 1.82) is 0 Å². The smallest absolute Gasteiger partial charge is 0.251 e. The van der Waals surface area contributed by atoms with Crippen molar-refractivity contribution in [1.82, 2.24) is 15.3 Å². The Morgan fingerprint density at radius 2 is 2.32 bits per heavy atom. The summed E-state index contributed by atoms with van der Waals surface area (Å²) in [6.45, 7) is 3.99. The molecular weight excluding hydrogens is 264 g/mol. The number of aromatic amines is 1. The summed E-state index contributed by atoms with van der Waals surface area (Å²) in [5, 5.41) is 3.80. The number of carbonyl (C=O) groups excluding carboxylic acids is 1. The number of benzene rings is 1. The fourth-order valence-electron chi connectivity index (χ4n) is 2.58. The molecule has 2 aromatic rings. The van der Waals surface area contributed by atoms with Gasteiger partial charge in [0, 0.05) is 17.0 Å². The van der Waals surface area contributed by atoms with Crippen LogP contribution in [-0.2, 0) is 5.41 Å². The Bertz CT molecular complexity index is 658. The van der Waals surface area contributed by atoms with Gasteiger partial charge < -0.3 is 16.0 Å². The van der Waals surface area contributed by atoms with Gasteiger partial charge in [-0.05, 0) is 25.1 Å². The predicted molar refractivity (Wildman–Crippen MR) is 74.5 cm³/mol. The predicted octanol–water partition coefficient (Wildman–Crippen LogP) is 1.57. The first-order valence-electron chi connectivity index (χ1n) is 6.20. The maximum atomic E-state index is 11.5. The van der Waals surface area contributed by atoms with Gasteiger partial charge in [0.25, 0.3) is 5.91 Å². The second kappa shape index (κ2) is 4.21. The van der Waals surface area contributed by atoms with E-state index in [-0.39, 0.29) is 5.41 Å². The Morgan fingerprint density at radius 3 is 2.95 bits per heavy atom. The van der Waals surface area contributed by atoms with Gasteiger partial charge in [0.15, 0.2) is 0 Å². The van der Waals surface area contributed by atoms with E-state index in [9.17, 15) is 4.79 Å². The van der Waals surface area contributed by atoms with Crippen LogP contribution >= 0.6 is 11.6 Å². The van der Waals surface area contributed by atoms with Gasteiger partial charge in [-0.25, -0.2) is 4.98 Å². The molecular formula is C13H15ClN4O. The molecule has 1 atom stereocenters. The number of nitrogens with zero attached hydrogens (tertiary/aromatic N) is 1. The number of nitrogens with one attached hydrogen (secondary N) is 2. The van der Waals surface area contributed by atoms with Crippen molar-refractivity contribution in [2.24, 2.45) is 5.73 Å². The Kier molecular flexibility index (Phi) is 2.76. The van der Waals surface area contributed by atoms with Gasteiger partial charge in [0.2, 0.25) is 0 Å². The SMILES string of the molecule is CC1(c2nc3c(C(N)=O)cc(Cl)cc3[nH]2)CCNC1. The van der Waals surface area contributed by atoms with Gasteiger partial charge >= 0.3 is 0 Å². The van der Waals surface area contributed by atoms with Gasteiger partial charge in [0.05, 0.1) is 11.1 Å². The Labute approximate surface area is 115 Å². The fourth-order valence-corrected chi connectivity index (χ4v) is 2.79. The summed E-state index contributed by atoms with van der Waals surface area (Å²) in [6.07, 6.45) is 1.01. The molecule has 1 amide bonds. The standard InChI is InChI=1S/C13H15ClN4O/c1-13(2-3-16-6-13)12-17-9-5-7(14)4-8(11(15)19)10(9)18-12/h4-5,16H,2-3,6H2,1H3,(H2,15,19)(H,17,18). The van der Waals surface area contributed by atoms with E-state index in [1.807, 2.05) is 0 Å². The van der Waals surface area contributed by atoms with Crippen molar-refractivity contribution in [3.8, 4) is 0 Å². The van der Waals surface area contributed by atoms with Crippen LogP contribution in [-0.4, -0.2) is 29.0 Å². The molecule has 0 bridgehead atoms. The van der Waals surface area contributed by atoms with Gasteiger partial charge in [-0.15, -0.1) is 0 Å². The number of H-pyrrole nitrogens is 1. The van der Waals surface area contributed by atoms with Crippen molar-refractivity contribution in [2.45, 2.75) is 18.8 Å². The third-order valence-corrected chi connectivity index (χ3v) is 3.98. The van der Waals surface area contributed by atoms with E-state index in [1.165, 1.54) is 0 Å². The van der Waals surface area contributed by atoms with Crippen LogP contribution in [0.4, 0.5) is 0 Å². The van der Waals surface area contributed by atoms with Crippen molar-refractivity contribution < 1.29 is 4.79 Å².